The summed E-state index contributed by atoms with van der Waals surface area (Å²) in [6.07, 6.45) is 3.07. The van der Waals surface area contributed by atoms with Crippen molar-refractivity contribution in [2.45, 2.75) is 31.8 Å². The van der Waals surface area contributed by atoms with Gasteiger partial charge in [-0.15, -0.1) is 0 Å². The SMILES string of the molecule is COc1cc2c(cc1OC)CN(C(=O)CN1CCCC1c1cccc3ccccc13)CC2. The zero-order valence-corrected chi connectivity index (χ0v) is 18.8. The van der Waals surface area contributed by atoms with Gasteiger partial charge >= 0.3 is 0 Å². The van der Waals surface area contributed by atoms with Gasteiger partial charge < -0.3 is 14.4 Å². The van der Waals surface area contributed by atoms with Crippen molar-refractivity contribution >= 4 is 16.7 Å². The van der Waals surface area contributed by atoms with Crippen LogP contribution in [0.25, 0.3) is 10.8 Å². The molecule has 166 valence electrons. The Balaban J connectivity index is 1.33. The maximum absolute atomic E-state index is 13.3. The van der Waals surface area contributed by atoms with E-state index in [9.17, 15) is 4.79 Å². The van der Waals surface area contributed by atoms with Crippen molar-refractivity contribution in [3.05, 3.63) is 71.3 Å². The average Bonchev–Trinajstić information content (AvgIpc) is 3.30. The van der Waals surface area contributed by atoms with Gasteiger partial charge in [0.1, 0.15) is 0 Å². The highest BCUT2D eigenvalue weighted by molar-refractivity contribution is 5.86. The van der Waals surface area contributed by atoms with Gasteiger partial charge in [0.25, 0.3) is 0 Å². The summed E-state index contributed by atoms with van der Waals surface area (Å²) >= 11 is 0. The lowest BCUT2D eigenvalue weighted by Gasteiger charge is -2.32. The van der Waals surface area contributed by atoms with Crippen molar-refractivity contribution < 1.29 is 14.3 Å². The second kappa shape index (κ2) is 8.83. The zero-order chi connectivity index (χ0) is 22.1. The van der Waals surface area contributed by atoms with Gasteiger partial charge in [-0.25, -0.2) is 0 Å². The molecule has 1 amide bonds. The first-order valence-corrected chi connectivity index (χ1v) is 11.4. The lowest BCUT2D eigenvalue weighted by Crippen LogP contribution is -2.42. The number of hydrogen-bond acceptors (Lipinski definition) is 4. The summed E-state index contributed by atoms with van der Waals surface area (Å²) in [5.41, 5.74) is 3.73. The molecule has 32 heavy (non-hydrogen) atoms. The fourth-order valence-electron chi connectivity index (χ4n) is 5.28. The van der Waals surface area contributed by atoms with Crippen LogP contribution < -0.4 is 9.47 Å². The van der Waals surface area contributed by atoms with Gasteiger partial charge in [-0.3, -0.25) is 9.69 Å². The van der Waals surface area contributed by atoms with Gasteiger partial charge in [-0.2, -0.15) is 0 Å². The second-order valence-electron chi connectivity index (χ2n) is 8.74. The lowest BCUT2D eigenvalue weighted by atomic mass is 9.97. The molecular formula is C27H30N2O3. The molecule has 5 heteroatoms. The summed E-state index contributed by atoms with van der Waals surface area (Å²) in [5, 5.41) is 2.56. The molecule has 5 rings (SSSR count). The molecule has 0 spiro atoms. The van der Waals surface area contributed by atoms with Crippen molar-refractivity contribution in [2.75, 3.05) is 33.9 Å². The molecule has 1 saturated heterocycles. The Morgan fingerprint density at radius 2 is 1.72 bits per heavy atom. The van der Waals surface area contributed by atoms with E-state index in [0.717, 1.165) is 49.4 Å². The number of fused-ring (bicyclic) bond motifs is 2. The average molecular weight is 431 g/mol. The Bertz CT molecular complexity index is 1140. The Kier molecular flexibility index (Phi) is 5.75. The molecule has 0 saturated carbocycles. The standard InChI is InChI=1S/C27H30N2O3/c1-31-25-15-20-12-14-29(17-21(20)16-26(25)32-2)27(30)18-28-13-6-11-24(28)23-10-5-8-19-7-3-4-9-22(19)23/h3-5,7-10,15-16,24H,6,11-14,17-18H2,1-2H3. The van der Waals surface area contributed by atoms with Gasteiger partial charge in [0.15, 0.2) is 11.5 Å². The van der Waals surface area contributed by atoms with Crippen LogP contribution in [0.4, 0.5) is 0 Å². The minimum absolute atomic E-state index is 0.206. The van der Waals surface area contributed by atoms with E-state index in [-0.39, 0.29) is 5.91 Å². The van der Waals surface area contributed by atoms with Crippen LogP contribution in [0.3, 0.4) is 0 Å². The summed E-state index contributed by atoms with van der Waals surface area (Å²) in [6, 6.07) is 19.4. The first-order valence-electron chi connectivity index (χ1n) is 11.4. The number of carbonyl (C=O) groups is 1. The number of amides is 1. The predicted octanol–water partition coefficient (Wildman–Crippen LogP) is 4.58. The molecule has 5 nitrogen and oxygen atoms in total. The molecular weight excluding hydrogens is 400 g/mol. The largest absolute Gasteiger partial charge is 0.493 e. The fourth-order valence-corrected chi connectivity index (χ4v) is 5.28. The maximum atomic E-state index is 13.3. The summed E-state index contributed by atoms with van der Waals surface area (Å²) in [4.78, 5) is 17.7. The van der Waals surface area contributed by atoms with E-state index in [1.165, 1.54) is 21.9 Å². The summed E-state index contributed by atoms with van der Waals surface area (Å²) in [7, 11) is 3.31. The molecule has 0 radical (unpaired) electrons. The van der Waals surface area contributed by atoms with E-state index < -0.39 is 0 Å². The normalized spacial score (nSPS) is 18.6. The minimum atomic E-state index is 0.206. The van der Waals surface area contributed by atoms with Gasteiger partial charge in [0.2, 0.25) is 5.91 Å². The zero-order valence-electron chi connectivity index (χ0n) is 18.8. The number of likely N-dealkylation sites (tertiary alicyclic amines) is 1. The first kappa shape index (κ1) is 20.8. The number of methoxy groups -OCH3 is 2. The molecule has 1 fully saturated rings. The van der Waals surface area contributed by atoms with Crippen LogP contribution in [-0.2, 0) is 17.8 Å². The number of benzene rings is 3. The molecule has 3 aromatic carbocycles. The van der Waals surface area contributed by atoms with Gasteiger partial charge in [-0.05, 0) is 65.4 Å². The van der Waals surface area contributed by atoms with Crippen LogP contribution in [0.5, 0.6) is 11.5 Å². The molecule has 0 aliphatic carbocycles. The molecule has 0 bridgehead atoms. The summed E-state index contributed by atoms with van der Waals surface area (Å²) in [5.74, 6) is 1.68. The third-order valence-corrected chi connectivity index (χ3v) is 6.96. The van der Waals surface area contributed by atoms with E-state index >= 15 is 0 Å². The monoisotopic (exact) mass is 430 g/mol. The van der Waals surface area contributed by atoms with E-state index in [1.54, 1.807) is 14.2 Å². The van der Waals surface area contributed by atoms with Gasteiger partial charge in [-0.1, -0.05) is 42.5 Å². The molecule has 0 N–H and O–H groups in total. The lowest BCUT2D eigenvalue weighted by molar-refractivity contribution is -0.133. The highest BCUT2D eigenvalue weighted by atomic mass is 16.5. The van der Waals surface area contributed by atoms with Crippen molar-refractivity contribution in [3.8, 4) is 11.5 Å². The molecule has 2 aliphatic rings. The Morgan fingerprint density at radius 3 is 2.53 bits per heavy atom. The van der Waals surface area contributed by atoms with Crippen LogP contribution in [0.15, 0.2) is 54.6 Å². The van der Waals surface area contributed by atoms with Crippen molar-refractivity contribution in [3.63, 3.8) is 0 Å². The van der Waals surface area contributed by atoms with Crippen molar-refractivity contribution in [2.24, 2.45) is 0 Å². The third kappa shape index (κ3) is 3.82. The number of carbonyl (C=O) groups excluding carboxylic acids is 1. The van der Waals surface area contributed by atoms with E-state index in [2.05, 4.69) is 47.4 Å². The second-order valence-corrected chi connectivity index (χ2v) is 8.74. The molecule has 3 aromatic rings. The van der Waals surface area contributed by atoms with Crippen molar-refractivity contribution in [1.29, 1.82) is 0 Å². The van der Waals surface area contributed by atoms with Gasteiger partial charge in [0, 0.05) is 19.1 Å². The third-order valence-electron chi connectivity index (χ3n) is 6.96. The number of nitrogens with zero attached hydrogens (tertiary/aromatic N) is 2. The Labute approximate surface area is 189 Å². The first-order chi connectivity index (χ1) is 15.7. The van der Waals surface area contributed by atoms with E-state index in [1.807, 2.05) is 17.0 Å². The summed E-state index contributed by atoms with van der Waals surface area (Å²) < 4.78 is 10.9. The summed E-state index contributed by atoms with van der Waals surface area (Å²) in [6.45, 7) is 2.81. The number of rotatable bonds is 5. The van der Waals surface area contributed by atoms with Crippen LogP contribution in [0, 0.1) is 0 Å². The smallest absolute Gasteiger partial charge is 0.237 e. The minimum Gasteiger partial charge on any atom is -0.493 e. The van der Waals surface area contributed by atoms with E-state index in [0.29, 0.717) is 19.1 Å². The highest BCUT2D eigenvalue weighted by Gasteiger charge is 2.31. The quantitative estimate of drug-likeness (QED) is 0.594. The number of ether oxygens (including phenoxy) is 2. The number of hydrogen-bond donors (Lipinski definition) is 0. The molecule has 1 unspecified atom stereocenters. The van der Waals surface area contributed by atoms with Gasteiger partial charge in [0.05, 0.1) is 20.8 Å². The topological polar surface area (TPSA) is 42.0 Å². The van der Waals surface area contributed by atoms with Crippen LogP contribution in [0.2, 0.25) is 0 Å². The fraction of sp³-hybridized carbons (Fsp3) is 0.370. The predicted molar refractivity (Wildman–Crippen MR) is 126 cm³/mol. The van der Waals surface area contributed by atoms with E-state index in [4.69, 9.17) is 9.47 Å². The molecule has 0 aromatic heterocycles. The van der Waals surface area contributed by atoms with Crippen LogP contribution in [0.1, 0.15) is 35.6 Å². The van der Waals surface area contributed by atoms with Crippen LogP contribution >= 0.6 is 0 Å². The Morgan fingerprint density at radius 1 is 0.969 bits per heavy atom. The highest BCUT2D eigenvalue weighted by Crippen LogP contribution is 2.36. The Hall–Kier alpha value is -3.05. The van der Waals surface area contributed by atoms with Crippen LogP contribution in [-0.4, -0.2) is 49.6 Å². The molecule has 2 aliphatic heterocycles. The maximum Gasteiger partial charge on any atom is 0.237 e. The van der Waals surface area contributed by atoms with Crippen molar-refractivity contribution in [1.82, 2.24) is 9.80 Å². The molecule has 2 heterocycles. The molecule has 1 atom stereocenters.